The van der Waals surface area contributed by atoms with Gasteiger partial charge in [0.05, 0.1) is 5.57 Å². The van der Waals surface area contributed by atoms with Gasteiger partial charge < -0.3 is 14.9 Å². The van der Waals surface area contributed by atoms with Crippen LogP contribution in [0.2, 0.25) is 0 Å². The van der Waals surface area contributed by atoms with E-state index in [4.69, 9.17) is 10.2 Å². The van der Waals surface area contributed by atoms with E-state index in [1.807, 2.05) is 0 Å². The summed E-state index contributed by atoms with van der Waals surface area (Å²) >= 11 is 0. The van der Waals surface area contributed by atoms with Crippen molar-refractivity contribution < 1.29 is 29.3 Å². The van der Waals surface area contributed by atoms with E-state index in [0.717, 1.165) is 0 Å². The fraction of sp³-hybridized carbons (Fsp3) is 0.300. The van der Waals surface area contributed by atoms with Crippen LogP contribution in [0, 0.1) is 0 Å². The van der Waals surface area contributed by atoms with Gasteiger partial charge in [-0.15, -0.1) is 0 Å². The molecule has 0 amide bonds. The molecule has 0 spiro atoms. The Kier molecular flexibility index (Phi) is 4.94. The first kappa shape index (κ1) is 13.9. The molecule has 0 fully saturated rings. The molecule has 0 bridgehead atoms. The molecule has 0 aliphatic rings. The summed E-state index contributed by atoms with van der Waals surface area (Å²) in [5, 5.41) is 17.4. The zero-order valence-electron chi connectivity index (χ0n) is 8.94. The Morgan fingerprint density at radius 2 is 1.69 bits per heavy atom. The molecule has 0 saturated carbocycles. The van der Waals surface area contributed by atoms with Crippen LogP contribution in [0.3, 0.4) is 0 Å². The molecule has 6 nitrogen and oxygen atoms in total. The van der Waals surface area contributed by atoms with E-state index in [9.17, 15) is 14.4 Å². The van der Waals surface area contributed by atoms with Gasteiger partial charge in [-0.2, -0.15) is 0 Å². The maximum Gasteiger partial charge on any atom is 0.372 e. The highest BCUT2D eigenvalue weighted by Gasteiger charge is 2.23. The monoisotopic (exact) mass is 228 g/mol. The van der Waals surface area contributed by atoms with Gasteiger partial charge in [0, 0.05) is 5.57 Å². The predicted molar refractivity (Wildman–Crippen MR) is 53.5 cm³/mol. The van der Waals surface area contributed by atoms with Crippen LogP contribution in [0.1, 0.15) is 20.3 Å². The molecule has 0 atom stereocenters. The normalized spacial score (nSPS) is 11.4. The summed E-state index contributed by atoms with van der Waals surface area (Å²) in [6.45, 7) is 6.03. The van der Waals surface area contributed by atoms with Crippen molar-refractivity contribution in [1.29, 1.82) is 0 Å². The summed E-state index contributed by atoms with van der Waals surface area (Å²) in [5.41, 5.74) is -0.485. The third-order valence-electron chi connectivity index (χ3n) is 1.62. The third kappa shape index (κ3) is 3.56. The van der Waals surface area contributed by atoms with E-state index in [-0.39, 0.29) is 12.0 Å². The predicted octanol–water partition coefficient (Wildman–Crippen LogP) is 0.939. The second-order valence-corrected chi connectivity index (χ2v) is 2.94. The van der Waals surface area contributed by atoms with E-state index in [0.29, 0.717) is 0 Å². The standard InChI is InChI=1S/C10H12O6/c1-4-6(8(11)12)7(9(13)14)16-10(15)5(2)3/h2,4H2,1,3H3,(H,11,12)(H,13,14)/b7-6+. The molecule has 0 saturated heterocycles. The molecule has 0 aliphatic carbocycles. The molecule has 0 aromatic carbocycles. The van der Waals surface area contributed by atoms with Gasteiger partial charge in [-0.05, 0) is 13.3 Å². The van der Waals surface area contributed by atoms with E-state index >= 15 is 0 Å². The maximum atomic E-state index is 11.1. The van der Waals surface area contributed by atoms with E-state index in [1.165, 1.54) is 13.8 Å². The van der Waals surface area contributed by atoms with Crippen LogP contribution in [-0.2, 0) is 19.1 Å². The topological polar surface area (TPSA) is 101 Å². The van der Waals surface area contributed by atoms with Gasteiger partial charge in [0.1, 0.15) is 0 Å². The molecule has 0 heterocycles. The number of carbonyl (C=O) groups is 3. The summed E-state index contributed by atoms with van der Waals surface area (Å²) in [7, 11) is 0. The van der Waals surface area contributed by atoms with Gasteiger partial charge >= 0.3 is 17.9 Å². The average Bonchev–Trinajstić information content (AvgIpc) is 2.16. The van der Waals surface area contributed by atoms with Crippen LogP contribution in [0.25, 0.3) is 0 Å². The van der Waals surface area contributed by atoms with E-state index < -0.39 is 29.2 Å². The average molecular weight is 228 g/mol. The molecule has 0 unspecified atom stereocenters. The number of ether oxygens (including phenoxy) is 1. The van der Waals surface area contributed by atoms with Crippen molar-refractivity contribution in [3.8, 4) is 0 Å². The van der Waals surface area contributed by atoms with Crippen LogP contribution >= 0.6 is 0 Å². The lowest BCUT2D eigenvalue weighted by Gasteiger charge is -2.07. The minimum atomic E-state index is -1.60. The Labute approximate surface area is 91.8 Å². The highest BCUT2D eigenvalue weighted by Crippen LogP contribution is 2.13. The summed E-state index contributed by atoms with van der Waals surface area (Å²) in [4.78, 5) is 32.5. The maximum absolute atomic E-state index is 11.1. The first-order chi connectivity index (χ1) is 7.31. The Morgan fingerprint density at radius 3 is 1.94 bits per heavy atom. The van der Waals surface area contributed by atoms with E-state index in [1.54, 1.807) is 0 Å². The van der Waals surface area contributed by atoms with Gasteiger partial charge in [0.25, 0.3) is 0 Å². The lowest BCUT2D eigenvalue weighted by Crippen LogP contribution is -2.17. The number of hydrogen-bond acceptors (Lipinski definition) is 4. The van der Waals surface area contributed by atoms with Crippen molar-refractivity contribution in [1.82, 2.24) is 0 Å². The molecule has 0 aromatic heterocycles. The Hall–Kier alpha value is -2.11. The Bertz CT molecular complexity index is 377. The molecule has 0 aromatic rings. The SMILES string of the molecule is C=C(C)C(=O)O/C(C(=O)O)=C(\CC)C(=O)O. The summed E-state index contributed by atoms with van der Waals surface area (Å²) in [6.07, 6.45) is -0.0690. The van der Waals surface area contributed by atoms with Gasteiger partial charge in [-0.25, -0.2) is 14.4 Å². The molecule has 6 heteroatoms. The lowest BCUT2D eigenvalue weighted by atomic mass is 10.1. The number of carboxylic acids is 2. The summed E-state index contributed by atoms with van der Waals surface area (Å²) in [5.74, 6) is -4.88. The second-order valence-electron chi connectivity index (χ2n) is 2.94. The Morgan fingerprint density at radius 1 is 1.19 bits per heavy atom. The lowest BCUT2D eigenvalue weighted by molar-refractivity contribution is -0.146. The molecule has 0 radical (unpaired) electrons. The van der Waals surface area contributed by atoms with Crippen molar-refractivity contribution in [2.75, 3.05) is 0 Å². The van der Waals surface area contributed by atoms with Gasteiger partial charge in [0.2, 0.25) is 5.76 Å². The minimum Gasteiger partial charge on any atom is -0.478 e. The molecule has 0 rings (SSSR count). The number of esters is 1. The number of aliphatic carboxylic acids is 2. The summed E-state index contributed by atoms with van der Waals surface area (Å²) in [6, 6.07) is 0. The van der Waals surface area contributed by atoms with Crippen molar-refractivity contribution in [2.45, 2.75) is 20.3 Å². The fourth-order valence-corrected chi connectivity index (χ4v) is 0.823. The van der Waals surface area contributed by atoms with Gasteiger partial charge in [-0.3, -0.25) is 0 Å². The minimum absolute atomic E-state index is 0.0143. The first-order valence-corrected chi connectivity index (χ1v) is 4.38. The van der Waals surface area contributed by atoms with Crippen LogP contribution in [0.4, 0.5) is 0 Å². The highest BCUT2D eigenvalue weighted by atomic mass is 16.6. The zero-order chi connectivity index (χ0) is 12.9. The number of rotatable bonds is 5. The van der Waals surface area contributed by atoms with Crippen LogP contribution in [-0.4, -0.2) is 28.1 Å². The molecule has 0 aliphatic heterocycles. The number of carbonyl (C=O) groups excluding carboxylic acids is 1. The van der Waals surface area contributed by atoms with Crippen molar-refractivity contribution in [3.05, 3.63) is 23.5 Å². The first-order valence-electron chi connectivity index (χ1n) is 4.38. The van der Waals surface area contributed by atoms with Crippen molar-refractivity contribution in [3.63, 3.8) is 0 Å². The number of carboxylic acid groups (broad SMARTS) is 2. The smallest absolute Gasteiger partial charge is 0.372 e. The molecule has 88 valence electrons. The molecular formula is C10H12O6. The zero-order valence-corrected chi connectivity index (χ0v) is 8.94. The summed E-state index contributed by atoms with van der Waals surface area (Å²) < 4.78 is 4.45. The van der Waals surface area contributed by atoms with Gasteiger partial charge in [0.15, 0.2) is 0 Å². The fourth-order valence-electron chi connectivity index (χ4n) is 0.823. The largest absolute Gasteiger partial charge is 0.478 e. The quantitative estimate of drug-likeness (QED) is 0.412. The molecule has 16 heavy (non-hydrogen) atoms. The second kappa shape index (κ2) is 5.69. The molecule has 2 N–H and O–H groups in total. The van der Waals surface area contributed by atoms with Crippen LogP contribution in [0.15, 0.2) is 23.5 Å². The van der Waals surface area contributed by atoms with E-state index in [2.05, 4.69) is 11.3 Å². The van der Waals surface area contributed by atoms with Gasteiger partial charge in [-0.1, -0.05) is 13.5 Å². The van der Waals surface area contributed by atoms with Crippen molar-refractivity contribution >= 4 is 17.9 Å². The molecular weight excluding hydrogens is 216 g/mol. The highest BCUT2D eigenvalue weighted by molar-refractivity contribution is 6.00. The van der Waals surface area contributed by atoms with Crippen LogP contribution < -0.4 is 0 Å². The number of hydrogen-bond donors (Lipinski definition) is 2. The van der Waals surface area contributed by atoms with Crippen LogP contribution in [0.5, 0.6) is 0 Å². The Balaban J connectivity index is 5.30. The van der Waals surface area contributed by atoms with Crippen molar-refractivity contribution in [2.24, 2.45) is 0 Å². The third-order valence-corrected chi connectivity index (χ3v) is 1.62.